The molecule has 0 bridgehead atoms. The van der Waals surface area contributed by atoms with E-state index in [0.29, 0.717) is 23.0 Å². The van der Waals surface area contributed by atoms with E-state index in [2.05, 4.69) is 10.6 Å². The van der Waals surface area contributed by atoms with Crippen molar-refractivity contribution in [1.82, 2.24) is 10.2 Å². The number of hydrogen-bond acceptors (Lipinski definition) is 7. The first-order valence-corrected chi connectivity index (χ1v) is 7.41. The van der Waals surface area contributed by atoms with Crippen LogP contribution in [0, 0.1) is 0 Å². The van der Waals surface area contributed by atoms with Crippen molar-refractivity contribution >= 4 is 33.9 Å². The van der Waals surface area contributed by atoms with Crippen molar-refractivity contribution in [2.75, 3.05) is 51.9 Å². The van der Waals surface area contributed by atoms with E-state index in [1.165, 1.54) is 7.11 Å². The van der Waals surface area contributed by atoms with Crippen LogP contribution in [-0.4, -0.2) is 57.6 Å². The minimum Gasteiger partial charge on any atom is -0.465 e. The molecular weight excluding hydrogens is 292 g/mol. The standard InChI is InChI=1S/C13H22N4O3S/c1-5-15-11(18)10-9(14)8(13(19)20-4)12(21-10)16-6-7-17(2)3/h16H,5-7,14H2,1-4H3,(H,15,18). The molecule has 0 radical (unpaired) electrons. The highest BCUT2D eigenvalue weighted by atomic mass is 32.1. The highest BCUT2D eigenvalue weighted by Gasteiger charge is 2.25. The average Bonchev–Trinajstić information content (AvgIpc) is 2.75. The zero-order valence-corrected chi connectivity index (χ0v) is 13.6. The molecule has 0 spiro atoms. The van der Waals surface area contributed by atoms with Crippen LogP contribution < -0.4 is 16.4 Å². The molecule has 1 rings (SSSR count). The van der Waals surface area contributed by atoms with Crippen molar-refractivity contribution in [3.8, 4) is 0 Å². The van der Waals surface area contributed by atoms with Gasteiger partial charge in [0.2, 0.25) is 0 Å². The Morgan fingerprint density at radius 3 is 2.57 bits per heavy atom. The lowest BCUT2D eigenvalue weighted by molar-refractivity contribution is 0.0603. The van der Waals surface area contributed by atoms with Crippen LogP contribution >= 0.6 is 11.3 Å². The van der Waals surface area contributed by atoms with Crippen molar-refractivity contribution in [2.24, 2.45) is 0 Å². The number of methoxy groups -OCH3 is 1. The van der Waals surface area contributed by atoms with Crippen LogP contribution in [0.25, 0.3) is 0 Å². The molecule has 0 aromatic carbocycles. The Balaban J connectivity index is 3.06. The number of nitrogens with zero attached hydrogens (tertiary/aromatic N) is 1. The summed E-state index contributed by atoms with van der Waals surface area (Å²) >= 11 is 1.16. The van der Waals surface area contributed by atoms with Gasteiger partial charge in [-0.05, 0) is 21.0 Å². The lowest BCUT2D eigenvalue weighted by Gasteiger charge is -2.11. The smallest absolute Gasteiger partial charge is 0.343 e. The van der Waals surface area contributed by atoms with Gasteiger partial charge < -0.3 is 26.0 Å². The lowest BCUT2D eigenvalue weighted by atomic mass is 10.2. The molecule has 8 heteroatoms. The number of esters is 1. The molecule has 0 unspecified atom stereocenters. The van der Waals surface area contributed by atoms with Gasteiger partial charge in [-0.15, -0.1) is 11.3 Å². The maximum atomic E-state index is 12.0. The van der Waals surface area contributed by atoms with Gasteiger partial charge in [-0.25, -0.2) is 4.79 Å². The van der Waals surface area contributed by atoms with Crippen molar-refractivity contribution in [1.29, 1.82) is 0 Å². The Bertz CT molecular complexity index is 514. The summed E-state index contributed by atoms with van der Waals surface area (Å²) in [6.45, 7) is 3.73. The first-order valence-electron chi connectivity index (χ1n) is 6.59. The van der Waals surface area contributed by atoms with E-state index < -0.39 is 5.97 Å². The molecule has 0 atom stereocenters. The number of amides is 1. The Morgan fingerprint density at radius 1 is 1.38 bits per heavy atom. The second-order valence-electron chi connectivity index (χ2n) is 4.63. The monoisotopic (exact) mass is 314 g/mol. The average molecular weight is 314 g/mol. The summed E-state index contributed by atoms with van der Waals surface area (Å²) in [5, 5.41) is 6.37. The molecule has 7 nitrogen and oxygen atoms in total. The zero-order valence-electron chi connectivity index (χ0n) is 12.8. The number of carbonyl (C=O) groups excluding carboxylic acids is 2. The summed E-state index contributed by atoms with van der Waals surface area (Å²) in [7, 11) is 5.19. The van der Waals surface area contributed by atoms with Crippen LogP contribution in [0.2, 0.25) is 0 Å². The minimum absolute atomic E-state index is 0.158. The van der Waals surface area contributed by atoms with Crippen molar-refractivity contribution in [2.45, 2.75) is 6.92 Å². The van der Waals surface area contributed by atoms with Crippen LogP contribution in [0.3, 0.4) is 0 Å². The van der Waals surface area contributed by atoms with Crippen molar-refractivity contribution < 1.29 is 14.3 Å². The third-order valence-corrected chi connectivity index (χ3v) is 3.88. The third-order valence-electron chi connectivity index (χ3n) is 2.72. The number of carbonyl (C=O) groups is 2. The summed E-state index contributed by atoms with van der Waals surface area (Å²) < 4.78 is 4.74. The second-order valence-corrected chi connectivity index (χ2v) is 5.65. The summed E-state index contributed by atoms with van der Waals surface area (Å²) in [6.07, 6.45) is 0. The maximum absolute atomic E-state index is 12.0. The van der Waals surface area contributed by atoms with Gasteiger partial charge in [-0.2, -0.15) is 0 Å². The van der Waals surface area contributed by atoms with Crippen molar-refractivity contribution in [3.63, 3.8) is 0 Å². The van der Waals surface area contributed by atoms with Gasteiger partial charge in [0.25, 0.3) is 5.91 Å². The number of anilines is 2. The highest BCUT2D eigenvalue weighted by Crippen LogP contribution is 2.36. The van der Waals surface area contributed by atoms with Crippen LogP contribution in [0.15, 0.2) is 0 Å². The fourth-order valence-corrected chi connectivity index (χ4v) is 2.73. The molecular formula is C13H22N4O3S. The number of likely N-dealkylation sites (N-methyl/N-ethyl adjacent to an activating group) is 1. The Labute approximate surface area is 128 Å². The largest absolute Gasteiger partial charge is 0.465 e. The predicted octanol–water partition coefficient (Wildman–Crippen LogP) is 0.840. The fourth-order valence-electron chi connectivity index (χ4n) is 1.68. The molecule has 0 saturated carbocycles. The molecule has 1 aromatic rings. The van der Waals surface area contributed by atoms with Crippen LogP contribution in [-0.2, 0) is 4.74 Å². The van der Waals surface area contributed by atoms with E-state index in [-0.39, 0.29) is 17.2 Å². The molecule has 1 amide bonds. The molecule has 1 heterocycles. The Kier molecular flexibility index (Phi) is 6.44. The Hall–Kier alpha value is -1.80. The van der Waals surface area contributed by atoms with Gasteiger partial charge in [-0.3, -0.25) is 4.79 Å². The van der Waals surface area contributed by atoms with Gasteiger partial charge >= 0.3 is 5.97 Å². The maximum Gasteiger partial charge on any atom is 0.343 e. The first kappa shape index (κ1) is 17.3. The molecule has 4 N–H and O–H groups in total. The molecule has 0 aliphatic heterocycles. The van der Waals surface area contributed by atoms with Crippen LogP contribution in [0.1, 0.15) is 27.0 Å². The van der Waals surface area contributed by atoms with Crippen LogP contribution in [0.4, 0.5) is 10.7 Å². The number of rotatable bonds is 7. The SMILES string of the molecule is CCNC(=O)c1sc(NCCN(C)C)c(C(=O)OC)c1N. The number of hydrogen-bond donors (Lipinski definition) is 3. The van der Waals surface area contributed by atoms with E-state index >= 15 is 0 Å². The minimum atomic E-state index is -0.549. The van der Waals surface area contributed by atoms with Gasteiger partial charge in [0.1, 0.15) is 15.4 Å². The normalized spacial score (nSPS) is 10.5. The summed E-state index contributed by atoms with van der Waals surface area (Å²) in [4.78, 5) is 26.2. The number of ether oxygens (including phenoxy) is 1. The second kappa shape index (κ2) is 7.84. The summed E-state index contributed by atoms with van der Waals surface area (Å²) in [5.74, 6) is -0.836. The van der Waals surface area contributed by atoms with E-state index in [4.69, 9.17) is 10.5 Å². The molecule has 21 heavy (non-hydrogen) atoms. The van der Waals surface area contributed by atoms with E-state index in [1.807, 2.05) is 25.9 Å². The van der Waals surface area contributed by atoms with E-state index in [9.17, 15) is 9.59 Å². The van der Waals surface area contributed by atoms with Gasteiger partial charge in [0, 0.05) is 19.6 Å². The van der Waals surface area contributed by atoms with Gasteiger partial charge in [0.15, 0.2) is 0 Å². The lowest BCUT2D eigenvalue weighted by Crippen LogP contribution is -2.22. The molecule has 0 aliphatic rings. The highest BCUT2D eigenvalue weighted by molar-refractivity contribution is 7.19. The first-order chi connectivity index (χ1) is 9.92. The predicted molar refractivity (Wildman–Crippen MR) is 85.1 cm³/mol. The summed E-state index contributed by atoms with van der Waals surface area (Å²) in [5.41, 5.74) is 6.32. The van der Waals surface area contributed by atoms with E-state index in [1.54, 1.807) is 0 Å². The molecule has 118 valence electrons. The molecule has 0 fully saturated rings. The number of nitrogens with two attached hydrogens (primary N) is 1. The number of thiophene rings is 1. The quantitative estimate of drug-likeness (QED) is 0.645. The Morgan fingerprint density at radius 2 is 2.05 bits per heavy atom. The number of nitrogen functional groups attached to an aromatic ring is 1. The van der Waals surface area contributed by atoms with Crippen molar-refractivity contribution in [3.05, 3.63) is 10.4 Å². The number of nitrogens with one attached hydrogen (secondary N) is 2. The van der Waals surface area contributed by atoms with E-state index in [0.717, 1.165) is 17.9 Å². The molecule has 1 aromatic heterocycles. The molecule has 0 aliphatic carbocycles. The topological polar surface area (TPSA) is 96.7 Å². The summed E-state index contributed by atoms with van der Waals surface area (Å²) in [6, 6.07) is 0. The molecule has 0 saturated heterocycles. The third kappa shape index (κ3) is 4.33. The fraction of sp³-hybridized carbons (Fsp3) is 0.538. The van der Waals surface area contributed by atoms with Crippen LogP contribution in [0.5, 0.6) is 0 Å². The van der Waals surface area contributed by atoms with Gasteiger partial charge in [0.05, 0.1) is 12.8 Å². The van der Waals surface area contributed by atoms with Gasteiger partial charge in [-0.1, -0.05) is 0 Å². The zero-order chi connectivity index (χ0) is 16.0.